The third-order valence-electron chi connectivity index (χ3n) is 5.18. The molecule has 0 aromatic rings. The van der Waals surface area contributed by atoms with Crippen molar-refractivity contribution in [2.45, 2.75) is 43.4 Å². The lowest BCUT2D eigenvalue weighted by Crippen LogP contribution is -2.57. The molecule has 0 unspecified atom stereocenters. The molecule has 0 aromatic carbocycles. The summed E-state index contributed by atoms with van der Waals surface area (Å²) in [7, 11) is -6.42. The fraction of sp³-hybridized carbons (Fsp3) is 0.929. The van der Waals surface area contributed by atoms with E-state index in [0.29, 0.717) is 6.54 Å². The number of quaternary nitrogens is 1. The van der Waals surface area contributed by atoms with E-state index in [1.54, 1.807) is 0 Å². The number of hydrogen-bond donors (Lipinski definition) is 1. The first-order valence-electron chi connectivity index (χ1n) is 8.15. The van der Waals surface area contributed by atoms with Crippen LogP contribution in [0.4, 0.5) is 0 Å². The van der Waals surface area contributed by atoms with Gasteiger partial charge in [-0.15, -0.1) is 0 Å². The van der Waals surface area contributed by atoms with E-state index >= 15 is 0 Å². The maximum Gasteiger partial charge on any atom is 0.226 e. The van der Waals surface area contributed by atoms with E-state index in [0.717, 1.165) is 30.4 Å². The Hall–Kier alpha value is -0.710. The number of carbonyl (C=O) groups excluding carboxylic acids is 1. The second-order valence-electron chi connectivity index (χ2n) is 7.60. The number of amides is 1. The Balaban J connectivity index is 2.03. The maximum atomic E-state index is 12.3. The van der Waals surface area contributed by atoms with Gasteiger partial charge < -0.3 is 14.4 Å². The molecular formula is C14H26N2O6S2. The predicted molar refractivity (Wildman–Crippen MR) is 87.9 cm³/mol. The van der Waals surface area contributed by atoms with Gasteiger partial charge in [0.25, 0.3) is 0 Å². The number of hydrogen-bond acceptors (Lipinski definition) is 6. The van der Waals surface area contributed by atoms with Crippen molar-refractivity contribution in [2.24, 2.45) is 0 Å². The second kappa shape index (κ2) is 6.54. The summed E-state index contributed by atoms with van der Waals surface area (Å²) in [5.41, 5.74) is -1.56. The van der Waals surface area contributed by atoms with Gasteiger partial charge in [-0.3, -0.25) is 4.79 Å². The molecule has 0 radical (unpaired) electrons. The first kappa shape index (κ1) is 19.6. The van der Waals surface area contributed by atoms with Gasteiger partial charge in [-0.05, 0) is 26.2 Å². The molecule has 2 saturated heterocycles. The lowest BCUT2D eigenvalue weighted by molar-refractivity contribution is -0.913. The van der Waals surface area contributed by atoms with Crippen molar-refractivity contribution in [1.29, 1.82) is 0 Å². The zero-order chi connectivity index (χ0) is 18.2. The number of carbonyl (C=O) groups is 1. The number of nitrogens with one attached hydrogen (secondary N) is 1. The SMILES string of the molecule is C[C@]1(NC(=O)CC[N+]2(C)CCCCC2)CS(=O)(=O)C[C@@H]1S(=O)(=O)[O-]. The van der Waals surface area contributed by atoms with Gasteiger partial charge in [0.2, 0.25) is 5.91 Å². The van der Waals surface area contributed by atoms with Crippen molar-refractivity contribution in [2.75, 3.05) is 38.2 Å². The highest BCUT2D eigenvalue weighted by Gasteiger charge is 2.51. The van der Waals surface area contributed by atoms with Crippen molar-refractivity contribution in [3.63, 3.8) is 0 Å². The number of rotatable bonds is 5. The summed E-state index contributed by atoms with van der Waals surface area (Å²) in [6, 6.07) is 0. The van der Waals surface area contributed by atoms with E-state index in [1.807, 2.05) is 0 Å². The Kier molecular flexibility index (Phi) is 5.35. The molecule has 2 aliphatic rings. The fourth-order valence-corrected chi connectivity index (χ4v) is 8.10. The third kappa shape index (κ3) is 4.68. The minimum atomic E-state index is -4.82. The number of sulfone groups is 1. The molecular weight excluding hydrogens is 356 g/mol. The lowest BCUT2D eigenvalue weighted by Gasteiger charge is -2.38. The number of piperidine rings is 1. The fourth-order valence-electron chi connectivity index (χ4n) is 3.79. The lowest BCUT2D eigenvalue weighted by atomic mass is 10.0. The minimum Gasteiger partial charge on any atom is -0.748 e. The van der Waals surface area contributed by atoms with Crippen molar-refractivity contribution in [3.8, 4) is 0 Å². The standard InChI is InChI=1S/C14H26N2O6S2/c1-14(11-23(18,19)10-12(14)24(20,21)22)15-13(17)6-9-16(2)7-4-3-5-8-16/h12H,3-11H2,1-2H3,(H-,15,17,20,21,22)/t12-,14-/m0/s1. The Labute approximate surface area is 143 Å². The molecule has 2 heterocycles. The largest absolute Gasteiger partial charge is 0.748 e. The first-order valence-corrected chi connectivity index (χ1v) is 11.4. The quantitative estimate of drug-likeness (QED) is 0.492. The van der Waals surface area contributed by atoms with Crippen LogP contribution in [-0.2, 0) is 24.7 Å². The summed E-state index contributed by atoms with van der Waals surface area (Å²) >= 11 is 0. The molecule has 1 N–H and O–H groups in total. The smallest absolute Gasteiger partial charge is 0.226 e. The molecule has 8 nitrogen and oxygen atoms in total. The minimum absolute atomic E-state index is 0.178. The third-order valence-corrected chi connectivity index (χ3v) is 8.66. The van der Waals surface area contributed by atoms with Crippen LogP contribution in [0.1, 0.15) is 32.6 Å². The van der Waals surface area contributed by atoms with Gasteiger partial charge in [-0.2, -0.15) is 0 Å². The van der Waals surface area contributed by atoms with Crippen molar-refractivity contribution in [3.05, 3.63) is 0 Å². The molecule has 140 valence electrons. The monoisotopic (exact) mass is 382 g/mol. The van der Waals surface area contributed by atoms with Crippen LogP contribution >= 0.6 is 0 Å². The Bertz CT molecular complexity index is 697. The van der Waals surface area contributed by atoms with Crippen LogP contribution in [0.25, 0.3) is 0 Å². The van der Waals surface area contributed by atoms with Gasteiger partial charge in [0.15, 0.2) is 9.84 Å². The van der Waals surface area contributed by atoms with Gasteiger partial charge in [0.05, 0.1) is 55.4 Å². The molecule has 1 amide bonds. The average molecular weight is 383 g/mol. The predicted octanol–water partition coefficient (Wildman–Crippen LogP) is -0.776. The molecule has 10 heteroatoms. The van der Waals surface area contributed by atoms with Crippen LogP contribution in [0.2, 0.25) is 0 Å². The molecule has 0 aromatic heterocycles. The van der Waals surface area contributed by atoms with E-state index in [2.05, 4.69) is 12.4 Å². The Morgan fingerprint density at radius 3 is 2.42 bits per heavy atom. The highest BCUT2D eigenvalue weighted by Crippen LogP contribution is 2.29. The summed E-state index contributed by atoms with van der Waals surface area (Å²) in [5.74, 6) is -1.67. The van der Waals surface area contributed by atoms with Gasteiger partial charge in [-0.1, -0.05) is 0 Å². The molecule has 0 saturated carbocycles. The van der Waals surface area contributed by atoms with Crippen LogP contribution in [0.3, 0.4) is 0 Å². The summed E-state index contributed by atoms with van der Waals surface area (Å²) in [6.07, 6.45) is 3.60. The van der Waals surface area contributed by atoms with Crippen LogP contribution in [-0.4, -0.2) is 80.8 Å². The Morgan fingerprint density at radius 2 is 1.88 bits per heavy atom. The molecule has 0 aliphatic carbocycles. The molecule has 2 rings (SSSR count). The van der Waals surface area contributed by atoms with Crippen molar-refractivity contribution in [1.82, 2.24) is 5.32 Å². The van der Waals surface area contributed by atoms with E-state index in [-0.39, 0.29) is 6.42 Å². The maximum absolute atomic E-state index is 12.3. The summed E-state index contributed by atoms with van der Waals surface area (Å²) in [4.78, 5) is 12.3. The highest BCUT2D eigenvalue weighted by molar-refractivity contribution is 7.94. The van der Waals surface area contributed by atoms with Crippen molar-refractivity contribution >= 4 is 25.9 Å². The van der Waals surface area contributed by atoms with E-state index in [9.17, 15) is 26.2 Å². The Morgan fingerprint density at radius 1 is 1.29 bits per heavy atom. The van der Waals surface area contributed by atoms with Crippen molar-refractivity contribution < 1.29 is 30.7 Å². The van der Waals surface area contributed by atoms with Crippen LogP contribution < -0.4 is 5.32 Å². The summed E-state index contributed by atoms with van der Waals surface area (Å²) in [5, 5.41) is 0.877. The van der Waals surface area contributed by atoms with Gasteiger partial charge in [0.1, 0.15) is 10.1 Å². The van der Waals surface area contributed by atoms with E-state index in [4.69, 9.17) is 0 Å². The van der Waals surface area contributed by atoms with Crippen LogP contribution in [0.5, 0.6) is 0 Å². The molecule has 0 spiro atoms. The zero-order valence-electron chi connectivity index (χ0n) is 14.2. The van der Waals surface area contributed by atoms with E-state index < -0.39 is 48.2 Å². The normalized spacial score (nSPS) is 32.4. The summed E-state index contributed by atoms with van der Waals surface area (Å²) in [6.45, 7) is 3.93. The molecule has 0 bridgehead atoms. The topological polar surface area (TPSA) is 120 Å². The van der Waals surface area contributed by atoms with Gasteiger partial charge in [-0.25, -0.2) is 16.8 Å². The molecule has 24 heavy (non-hydrogen) atoms. The van der Waals surface area contributed by atoms with E-state index in [1.165, 1.54) is 13.3 Å². The van der Waals surface area contributed by atoms with Gasteiger partial charge >= 0.3 is 0 Å². The average Bonchev–Trinajstić information content (AvgIpc) is 2.67. The highest BCUT2D eigenvalue weighted by atomic mass is 32.2. The van der Waals surface area contributed by atoms with Gasteiger partial charge in [0, 0.05) is 0 Å². The zero-order valence-corrected chi connectivity index (χ0v) is 15.8. The number of likely N-dealkylation sites (tertiary alicyclic amines) is 1. The summed E-state index contributed by atoms with van der Waals surface area (Å²) < 4.78 is 58.6. The molecule has 2 fully saturated rings. The van der Waals surface area contributed by atoms with Crippen LogP contribution in [0, 0.1) is 0 Å². The first-order chi connectivity index (χ1) is 10.9. The number of nitrogens with zero attached hydrogens (tertiary/aromatic N) is 1. The molecule has 2 aliphatic heterocycles. The van der Waals surface area contributed by atoms with Crippen LogP contribution in [0.15, 0.2) is 0 Å². The molecule has 2 atom stereocenters. The second-order valence-corrected chi connectivity index (χ2v) is 11.3.